The van der Waals surface area contributed by atoms with E-state index in [4.69, 9.17) is 9.47 Å². The zero-order chi connectivity index (χ0) is 21.4. The van der Waals surface area contributed by atoms with Gasteiger partial charge in [-0.05, 0) is 92.9 Å². The highest BCUT2D eigenvalue weighted by Gasteiger charge is 2.51. The lowest BCUT2D eigenvalue weighted by atomic mass is 9.49. The minimum atomic E-state index is -0.791. The van der Waals surface area contributed by atoms with Crippen molar-refractivity contribution < 1.29 is 19.1 Å². The molecule has 4 saturated carbocycles. The molecule has 4 aliphatic carbocycles. The number of hydrogen-bond donors (Lipinski definition) is 1. The maximum Gasteiger partial charge on any atom is 0.307 e. The van der Waals surface area contributed by atoms with E-state index in [1.165, 1.54) is 38.5 Å². The van der Waals surface area contributed by atoms with Gasteiger partial charge in [0.25, 0.3) is 5.91 Å². The number of nitrogens with zero attached hydrogens (tertiary/aromatic N) is 1. The Kier molecular flexibility index (Phi) is 5.67. The zero-order valence-corrected chi connectivity index (χ0v) is 18.5. The summed E-state index contributed by atoms with van der Waals surface area (Å²) in [6.45, 7) is 4.90. The number of amides is 1. The number of anilines is 2. The molecule has 0 aromatic heterocycles. The maximum atomic E-state index is 12.7. The summed E-state index contributed by atoms with van der Waals surface area (Å²) in [5, 5.41) is 2.88. The number of carbonyl (C=O) groups excluding carboxylic acids is 2. The fourth-order valence-electron chi connectivity index (χ4n) is 6.93. The average molecular weight is 427 g/mol. The number of ether oxygens (including phenoxy) is 2. The molecule has 0 unspecified atom stereocenters. The molecule has 0 spiro atoms. The summed E-state index contributed by atoms with van der Waals surface area (Å²) >= 11 is 0. The lowest BCUT2D eigenvalue weighted by Crippen LogP contribution is -2.47. The predicted molar refractivity (Wildman–Crippen MR) is 119 cm³/mol. The summed E-state index contributed by atoms with van der Waals surface area (Å²) in [6, 6.07) is 7.80. The second kappa shape index (κ2) is 8.45. The van der Waals surface area contributed by atoms with Crippen LogP contribution in [-0.4, -0.2) is 44.3 Å². The van der Waals surface area contributed by atoms with Crippen molar-refractivity contribution in [3.05, 3.63) is 24.3 Å². The van der Waals surface area contributed by atoms with Crippen LogP contribution in [0.5, 0.6) is 0 Å². The minimum absolute atomic E-state index is 0.136. The third kappa shape index (κ3) is 4.59. The molecule has 4 bridgehead atoms. The number of esters is 1. The monoisotopic (exact) mass is 426 g/mol. The number of hydrogen-bond acceptors (Lipinski definition) is 5. The molecule has 6 nitrogen and oxygen atoms in total. The highest BCUT2D eigenvalue weighted by Crippen LogP contribution is 2.61. The van der Waals surface area contributed by atoms with E-state index >= 15 is 0 Å². The smallest absolute Gasteiger partial charge is 0.307 e. The standard InChI is InChI=1S/C25H34N2O4/c1-17(24(29)26-21-2-4-22(5-3-21)27-6-8-30-9-7-27)31-23(28)16-25-13-18-10-19(14-25)12-20(11-18)15-25/h2-5,17-20H,6-16H2,1H3,(H,26,29)/t17-,18?,19?,20?,25?/m1/s1. The van der Waals surface area contributed by atoms with E-state index in [9.17, 15) is 9.59 Å². The number of carbonyl (C=O) groups is 2. The molecular weight excluding hydrogens is 392 g/mol. The Morgan fingerprint density at radius 3 is 2.23 bits per heavy atom. The molecule has 1 saturated heterocycles. The molecule has 6 heteroatoms. The van der Waals surface area contributed by atoms with Gasteiger partial charge in [0.1, 0.15) is 0 Å². The Morgan fingerprint density at radius 1 is 1.06 bits per heavy atom. The molecular formula is C25H34N2O4. The number of rotatable bonds is 6. The zero-order valence-electron chi connectivity index (χ0n) is 18.5. The Bertz CT molecular complexity index is 780. The summed E-state index contributed by atoms with van der Waals surface area (Å²) in [5.41, 5.74) is 1.97. The molecule has 6 rings (SSSR count). The first kappa shape index (κ1) is 20.8. The van der Waals surface area contributed by atoms with Gasteiger partial charge in [0.2, 0.25) is 0 Å². The van der Waals surface area contributed by atoms with E-state index in [0.29, 0.717) is 12.1 Å². The number of benzene rings is 1. The van der Waals surface area contributed by atoms with Gasteiger partial charge in [0, 0.05) is 24.5 Å². The fraction of sp³-hybridized carbons (Fsp3) is 0.680. The largest absolute Gasteiger partial charge is 0.453 e. The first-order chi connectivity index (χ1) is 15.0. The van der Waals surface area contributed by atoms with Crippen LogP contribution < -0.4 is 10.2 Å². The van der Waals surface area contributed by atoms with Gasteiger partial charge in [0.15, 0.2) is 6.10 Å². The topological polar surface area (TPSA) is 67.9 Å². The van der Waals surface area contributed by atoms with Crippen LogP contribution in [0.1, 0.15) is 51.9 Å². The van der Waals surface area contributed by atoms with Crippen molar-refractivity contribution in [3.8, 4) is 0 Å². The van der Waals surface area contributed by atoms with Gasteiger partial charge < -0.3 is 19.7 Å². The second-order valence-corrected chi connectivity index (χ2v) is 10.4. The SMILES string of the molecule is C[C@@H](OC(=O)CC12CC3CC(CC(C3)C1)C2)C(=O)Nc1ccc(N2CCOCC2)cc1. The quantitative estimate of drug-likeness (QED) is 0.697. The minimum Gasteiger partial charge on any atom is -0.453 e. The van der Waals surface area contributed by atoms with Crippen LogP contribution in [0, 0.1) is 23.2 Å². The Morgan fingerprint density at radius 2 is 1.65 bits per heavy atom. The Balaban J connectivity index is 1.12. The van der Waals surface area contributed by atoms with E-state index in [1.54, 1.807) is 6.92 Å². The Hall–Kier alpha value is -2.08. The van der Waals surface area contributed by atoms with Crippen molar-refractivity contribution in [3.63, 3.8) is 0 Å². The highest BCUT2D eigenvalue weighted by atomic mass is 16.5. The van der Waals surface area contributed by atoms with Gasteiger partial charge in [-0.15, -0.1) is 0 Å². The summed E-state index contributed by atoms with van der Waals surface area (Å²) in [6.07, 6.45) is 7.27. The summed E-state index contributed by atoms with van der Waals surface area (Å²) in [5.74, 6) is 1.92. The molecule has 1 aromatic carbocycles. The van der Waals surface area contributed by atoms with Crippen LogP contribution >= 0.6 is 0 Å². The van der Waals surface area contributed by atoms with Gasteiger partial charge in [-0.3, -0.25) is 9.59 Å². The molecule has 1 amide bonds. The molecule has 1 heterocycles. The van der Waals surface area contributed by atoms with E-state index in [2.05, 4.69) is 10.2 Å². The molecule has 168 valence electrons. The van der Waals surface area contributed by atoms with Crippen molar-refractivity contribution in [1.82, 2.24) is 0 Å². The van der Waals surface area contributed by atoms with Crippen LogP contribution in [0.2, 0.25) is 0 Å². The van der Waals surface area contributed by atoms with Gasteiger partial charge in [-0.1, -0.05) is 0 Å². The average Bonchev–Trinajstić information content (AvgIpc) is 2.73. The lowest BCUT2D eigenvalue weighted by molar-refractivity contribution is -0.160. The van der Waals surface area contributed by atoms with Gasteiger partial charge in [0.05, 0.1) is 19.6 Å². The first-order valence-electron chi connectivity index (χ1n) is 11.9. The molecule has 5 fully saturated rings. The van der Waals surface area contributed by atoms with Crippen molar-refractivity contribution in [1.29, 1.82) is 0 Å². The molecule has 1 atom stereocenters. The van der Waals surface area contributed by atoms with Crippen LogP contribution in [0.15, 0.2) is 24.3 Å². The highest BCUT2D eigenvalue weighted by molar-refractivity contribution is 5.95. The molecule has 5 aliphatic rings. The maximum absolute atomic E-state index is 12.7. The van der Waals surface area contributed by atoms with Gasteiger partial charge >= 0.3 is 5.97 Å². The molecule has 1 aliphatic heterocycles. The summed E-state index contributed by atoms with van der Waals surface area (Å²) in [4.78, 5) is 27.5. The number of nitrogens with one attached hydrogen (secondary N) is 1. The van der Waals surface area contributed by atoms with E-state index in [-0.39, 0.29) is 17.3 Å². The van der Waals surface area contributed by atoms with Crippen molar-refractivity contribution in [2.24, 2.45) is 23.2 Å². The molecule has 1 N–H and O–H groups in total. The van der Waals surface area contributed by atoms with Crippen LogP contribution in [0.4, 0.5) is 11.4 Å². The molecule has 1 aromatic rings. The third-order valence-corrected chi connectivity index (χ3v) is 7.87. The number of morpholine rings is 1. The van der Waals surface area contributed by atoms with Crippen molar-refractivity contribution in [2.45, 2.75) is 58.0 Å². The predicted octanol–water partition coefficient (Wildman–Crippen LogP) is 4.00. The van der Waals surface area contributed by atoms with Crippen LogP contribution in [-0.2, 0) is 19.1 Å². The van der Waals surface area contributed by atoms with Gasteiger partial charge in [-0.2, -0.15) is 0 Å². The van der Waals surface area contributed by atoms with Crippen LogP contribution in [0.3, 0.4) is 0 Å². The lowest BCUT2D eigenvalue weighted by Gasteiger charge is -2.56. The van der Waals surface area contributed by atoms with Gasteiger partial charge in [-0.25, -0.2) is 0 Å². The van der Waals surface area contributed by atoms with Crippen molar-refractivity contribution in [2.75, 3.05) is 36.5 Å². The third-order valence-electron chi connectivity index (χ3n) is 7.87. The normalized spacial score (nSPS) is 32.5. The van der Waals surface area contributed by atoms with Crippen LogP contribution in [0.25, 0.3) is 0 Å². The van der Waals surface area contributed by atoms with E-state index < -0.39 is 6.10 Å². The molecule has 31 heavy (non-hydrogen) atoms. The summed E-state index contributed by atoms with van der Waals surface area (Å²) in [7, 11) is 0. The van der Waals surface area contributed by atoms with E-state index in [0.717, 1.165) is 49.7 Å². The summed E-state index contributed by atoms with van der Waals surface area (Å²) < 4.78 is 11.0. The van der Waals surface area contributed by atoms with Crippen molar-refractivity contribution >= 4 is 23.3 Å². The second-order valence-electron chi connectivity index (χ2n) is 10.4. The Labute approximate surface area is 184 Å². The first-order valence-corrected chi connectivity index (χ1v) is 11.9. The van der Waals surface area contributed by atoms with E-state index in [1.807, 2.05) is 24.3 Å². The molecule has 0 radical (unpaired) electrons. The fourth-order valence-corrected chi connectivity index (χ4v) is 6.93.